The predicted octanol–water partition coefficient (Wildman–Crippen LogP) is 5.70. The van der Waals surface area contributed by atoms with Crippen molar-refractivity contribution in [2.45, 2.75) is 91.9 Å². The molecule has 0 radical (unpaired) electrons. The summed E-state index contributed by atoms with van der Waals surface area (Å²) >= 11 is 0. The summed E-state index contributed by atoms with van der Waals surface area (Å²) in [6.45, 7) is 13.0. The monoisotopic (exact) mass is 423 g/mol. The van der Waals surface area contributed by atoms with Gasteiger partial charge in [0.25, 0.3) is 0 Å². The van der Waals surface area contributed by atoms with Crippen molar-refractivity contribution >= 4 is 12.1 Å². The minimum absolute atomic E-state index is 0.00781. The zero-order valence-corrected chi connectivity index (χ0v) is 19.5. The van der Waals surface area contributed by atoms with Gasteiger partial charge in [0.2, 0.25) is 0 Å². The van der Waals surface area contributed by atoms with Gasteiger partial charge in [-0.15, -0.1) is 0 Å². The normalized spacial score (nSPS) is 27.7. The fraction of sp³-hybridized carbons (Fsp3) is 0.750. The van der Waals surface area contributed by atoms with Crippen molar-refractivity contribution in [3.63, 3.8) is 0 Å². The molecule has 0 aromatic heterocycles. The Morgan fingerprint density at radius 3 is 2.37 bits per heavy atom. The molecule has 0 aliphatic heterocycles. The summed E-state index contributed by atoms with van der Waals surface area (Å²) in [7, 11) is 0. The Kier molecular flexibility index (Phi) is 7.75. The van der Waals surface area contributed by atoms with Gasteiger partial charge in [0.15, 0.2) is 0 Å². The fourth-order valence-corrected chi connectivity index (χ4v) is 4.91. The maximum atomic E-state index is 13.8. The first kappa shape index (κ1) is 24.4. The lowest BCUT2D eigenvalue weighted by Crippen LogP contribution is -2.47. The number of ether oxygens (including phenoxy) is 2. The molecular formula is C24H38FNO4. The smallest absolute Gasteiger partial charge is 0.408 e. The Morgan fingerprint density at radius 1 is 1.23 bits per heavy atom. The van der Waals surface area contributed by atoms with Gasteiger partial charge in [-0.05, 0) is 64.0 Å². The van der Waals surface area contributed by atoms with Gasteiger partial charge < -0.3 is 14.8 Å². The predicted molar refractivity (Wildman–Crippen MR) is 115 cm³/mol. The van der Waals surface area contributed by atoms with Gasteiger partial charge in [-0.25, -0.2) is 14.0 Å². The number of alkyl carbamates (subject to hydrolysis) is 1. The van der Waals surface area contributed by atoms with E-state index in [0.29, 0.717) is 5.92 Å². The van der Waals surface area contributed by atoms with E-state index in [9.17, 15) is 14.0 Å². The first-order chi connectivity index (χ1) is 13.8. The highest BCUT2D eigenvalue weighted by Crippen LogP contribution is 2.50. The van der Waals surface area contributed by atoms with Gasteiger partial charge in [-0.3, -0.25) is 0 Å². The highest BCUT2D eigenvalue weighted by molar-refractivity contribution is 5.81. The second-order valence-corrected chi connectivity index (χ2v) is 10.1. The summed E-state index contributed by atoms with van der Waals surface area (Å²) in [5, 5.41) is 2.54. The summed E-state index contributed by atoms with van der Waals surface area (Å²) in [4.78, 5) is 24.7. The molecule has 0 aromatic rings. The standard InChI is InChI=1S/C24H38FNO4/c1-15-14-19(25)12-13-24(15,7)20(18-10-8-9-11-18)17(3)29-21(27)16(2)26-22(28)30-23(4,5)6/h12-18,20H,8-11H2,1-7H3,(H,26,28)/t15?,16-,17-,20+,24?/m0/s1. The Balaban J connectivity index is 2.11. The lowest BCUT2D eigenvalue weighted by molar-refractivity contribution is -0.157. The molecule has 1 fully saturated rings. The Bertz CT molecular complexity index is 690. The van der Waals surface area contributed by atoms with E-state index >= 15 is 0 Å². The van der Waals surface area contributed by atoms with Gasteiger partial charge in [0.1, 0.15) is 23.6 Å². The average Bonchev–Trinajstić information content (AvgIpc) is 3.11. The van der Waals surface area contributed by atoms with E-state index in [0.717, 1.165) is 25.7 Å². The highest BCUT2D eigenvalue weighted by Gasteiger charge is 2.46. The Labute approximate surface area is 180 Å². The number of allylic oxidation sites excluding steroid dienone is 4. The third-order valence-corrected chi connectivity index (χ3v) is 6.51. The van der Waals surface area contributed by atoms with Crippen molar-refractivity contribution in [3.05, 3.63) is 24.1 Å². The van der Waals surface area contributed by atoms with Crippen LogP contribution in [0.25, 0.3) is 0 Å². The van der Waals surface area contributed by atoms with Crippen LogP contribution in [-0.2, 0) is 14.3 Å². The van der Waals surface area contributed by atoms with Gasteiger partial charge in [0.05, 0.1) is 0 Å². The molecule has 0 saturated heterocycles. The molecule has 170 valence electrons. The summed E-state index contributed by atoms with van der Waals surface area (Å²) in [6, 6.07) is -0.823. The zero-order chi connectivity index (χ0) is 22.7. The summed E-state index contributed by atoms with van der Waals surface area (Å²) in [6.07, 6.45) is 8.61. The third kappa shape index (κ3) is 6.08. The summed E-state index contributed by atoms with van der Waals surface area (Å²) in [5.41, 5.74) is -0.957. The van der Waals surface area contributed by atoms with E-state index in [1.54, 1.807) is 33.8 Å². The number of nitrogens with one attached hydrogen (secondary N) is 1. The van der Waals surface area contributed by atoms with E-state index in [1.807, 2.05) is 19.9 Å². The fourth-order valence-electron chi connectivity index (χ4n) is 4.91. The molecule has 5 atom stereocenters. The Hall–Kier alpha value is -1.85. The number of hydrogen-bond donors (Lipinski definition) is 1. The van der Waals surface area contributed by atoms with Gasteiger partial charge in [-0.2, -0.15) is 0 Å². The van der Waals surface area contributed by atoms with Crippen molar-refractivity contribution in [2.24, 2.45) is 23.2 Å². The second-order valence-electron chi connectivity index (χ2n) is 10.1. The lowest BCUT2D eigenvalue weighted by atomic mass is 9.60. The molecule has 30 heavy (non-hydrogen) atoms. The number of amides is 1. The van der Waals surface area contributed by atoms with Crippen molar-refractivity contribution in [3.8, 4) is 0 Å². The van der Waals surface area contributed by atoms with Crippen LogP contribution in [0, 0.1) is 23.2 Å². The average molecular weight is 424 g/mol. The van der Waals surface area contributed by atoms with E-state index in [-0.39, 0.29) is 29.2 Å². The number of carbonyl (C=O) groups excluding carboxylic acids is 2. The molecule has 5 nitrogen and oxygen atoms in total. The first-order valence-electron chi connectivity index (χ1n) is 11.1. The number of halogens is 1. The molecular weight excluding hydrogens is 385 g/mol. The SMILES string of the molecule is CC1C=C(F)C=CC1(C)[C@@H](C1CCCC1)[C@H](C)OC(=O)[C@H](C)NC(=O)OC(C)(C)C. The number of carbonyl (C=O) groups is 2. The maximum Gasteiger partial charge on any atom is 0.408 e. The molecule has 2 unspecified atom stereocenters. The molecule has 0 bridgehead atoms. The van der Waals surface area contributed by atoms with Crippen LogP contribution in [0.2, 0.25) is 0 Å². The van der Waals surface area contributed by atoms with Crippen molar-refractivity contribution in [2.75, 3.05) is 0 Å². The molecule has 0 heterocycles. The van der Waals surface area contributed by atoms with Crippen LogP contribution in [0.5, 0.6) is 0 Å². The van der Waals surface area contributed by atoms with Crippen molar-refractivity contribution in [1.29, 1.82) is 0 Å². The van der Waals surface area contributed by atoms with Gasteiger partial charge in [0, 0.05) is 5.92 Å². The molecule has 6 heteroatoms. The van der Waals surface area contributed by atoms with Gasteiger partial charge in [-0.1, -0.05) is 45.6 Å². The number of rotatable bonds is 6. The molecule has 2 aliphatic rings. The van der Waals surface area contributed by atoms with Crippen LogP contribution < -0.4 is 5.32 Å². The number of esters is 1. The molecule has 2 rings (SSSR count). The zero-order valence-electron chi connectivity index (χ0n) is 19.5. The van der Waals surface area contributed by atoms with Crippen molar-refractivity contribution in [1.82, 2.24) is 5.32 Å². The van der Waals surface area contributed by atoms with E-state index in [2.05, 4.69) is 12.2 Å². The molecule has 0 aromatic carbocycles. The van der Waals surface area contributed by atoms with E-state index in [4.69, 9.17) is 9.47 Å². The molecule has 2 aliphatic carbocycles. The van der Waals surface area contributed by atoms with Crippen LogP contribution in [0.3, 0.4) is 0 Å². The summed E-state index contributed by atoms with van der Waals surface area (Å²) in [5.74, 6) is -0.243. The van der Waals surface area contributed by atoms with Gasteiger partial charge >= 0.3 is 12.1 Å². The largest absolute Gasteiger partial charge is 0.461 e. The third-order valence-electron chi connectivity index (χ3n) is 6.51. The minimum Gasteiger partial charge on any atom is -0.461 e. The second kappa shape index (κ2) is 9.52. The molecule has 0 spiro atoms. The van der Waals surface area contributed by atoms with Crippen LogP contribution in [0.15, 0.2) is 24.1 Å². The summed E-state index contributed by atoms with van der Waals surface area (Å²) < 4.78 is 24.9. The van der Waals surface area contributed by atoms with Crippen LogP contribution in [0.1, 0.15) is 74.1 Å². The Morgan fingerprint density at radius 2 is 1.83 bits per heavy atom. The van der Waals surface area contributed by atoms with Crippen LogP contribution in [0.4, 0.5) is 9.18 Å². The topological polar surface area (TPSA) is 64.6 Å². The molecule has 1 saturated carbocycles. The van der Waals surface area contributed by atoms with Crippen LogP contribution >= 0.6 is 0 Å². The van der Waals surface area contributed by atoms with E-state index < -0.39 is 23.7 Å². The first-order valence-corrected chi connectivity index (χ1v) is 11.1. The maximum absolute atomic E-state index is 13.8. The molecule has 1 N–H and O–H groups in total. The van der Waals surface area contributed by atoms with E-state index in [1.165, 1.54) is 6.08 Å². The van der Waals surface area contributed by atoms with Crippen molar-refractivity contribution < 1.29 is 23.5 Å². The molecule has 1 amide bonds. The highest BCUT2D eigenvalue weighted by atomic mass is 19.1. The quantitative estimate of drug-likeness (QED) is 0.556. The lowest BCUT2D eigenvalue weighted by Gasteiger charge is -2.46. The van der Waals surface area contributed by atoms with Crippen LogP contribution in [-0.4, -0.2) is 29.8 Å². The minimum atomic E-state index is -0.823. The number of hydrogen-bond acceptors (Lipinski definition) is 4.